The number of nitrogens with one attached hydrogen (secondary N) is 1. The van der Waals surface area contributed by atoms with Crippen LogP contribution in [-0.2, 0) is 11.2 Å². The van der Waals surface area contributed by atoms with Crippen molar-refractivity contribution in [1.29, 1.82) is 0 Å². The van der Waals surface area contributed by atoms with Crippen LogP contribution in [0, 0.1) is 0 Å². The van der Waals surface area contributed by atoms with Gasteiger partial charge in [-0.3, -0.25) is 4.79 Å². The van der Waals surface area contributed by atoms with Gasteiger partial charge in [-0.2, -0.15) is 0 Å². The van der Waals surface area contributed by atoms with E-state index < -0.39 is 17.9 Å². The van der Waals surface area contributed by atoms with Crippen LogP contribution in [-0.4, -0.2) is 23.0 Å². The van der Waals surface area contributed by atoms with E-state index in [2.05, 4.69) is 5.32 Å². The van der Waals surface area contributed by atoms with E-state index in [0.29, 0.717) is 0 Å². The number of benzene rings is 3. The van der Waals surface area contributed by atoms with Gasteiger partial charge in [0.25, 0.3) is 5.91 Å². The number of carbonyl (C=O) groups is 2. The van der Waals surface area contributed by atoms with Crippen LogP contribution in [0.5, 0.6) is 0 Å². The number of carboxylic acids is 1. The van der Waals surface area contributed by atoms with Gasteiger partial charge in [0.15, 0.2) is 0 Å². The highest BCUT2D eigenvalue weighted by atomic mass is 35.5. The van der Waals surface area contributed by atoms with Gasteiger partial charge in [0.05, 0.1) is 10.6 Å². The van der Waals surface area contributed by atoms with Gasteiger partial charge in [-0.1, -0.05) is 66.2 Å². The monoisotopic (exact) mass is 353 g/mol. The van der Waals surface area contributed by atoms with Crippen LogP contribution in [0.2, 0.25) is 5.02 Å². The lowest BCUT2D eigenvalue weighted by atomic mass is 10.0. The molecule has 1 amide bonds. The molecule has 0 aliphatic rings. The van der Waals surface area contributed by atoms with Crippen LogP contribution in [0.15, 0.2) is 66.7 Å². The van der Waals surface area contributed by atoms with Crippen molar-refractivity contribution in [3.8, 4) is 0 Å². The molecule has 0 aliphatic heterocycles. The Balaban J connectivity index is 1.80. The summed E-state index contributed by atoms with van der Waals surface area (Å²) in [5.74, 6) is -1.59. The fourth-order valence-corrected chi connectivity index (χ4v) is 2.90. The van der Waals surface area contributed by atoms with E-state index in [1.165, 1.54) is 0 Å². The van der Waals surface area contributed by atoms with Crippen molar-refractivity contribution >= 4 is 34.2 Å². The highest BCUT2D eigenvalue weighted by Gasteiger charge is 2.22. The molecule has 0 unspecified atom stereocenters. The number of carboxylic acid groups (broad SMARTS) is 1. The van der Waals surface area contributed by atoms with Crippen molar-refractivity contribution in [2.45, 2.75) is 12.5 Å². The number of carbonyl (C=O) groups excluding carboxylic acids is 1. The SMILES string of the molecule is O=C(N[C@@H](Cc1ccc2ccccc2c1)C(=O)O)c1ccccc1Cl. The molecule has 5 heteroatoms. The van der Waals surface area contributed by atoms with E-state index >= 15 is 0 Å². The summed E-state index contributed by atoms with van der Waals surface area (Å²) in [5, 5.41) is 14.4. The third-order valence-corrected chi connectivity index (χ3v) is 4.31. The second-order valence-corrected chi connectivity index (χ2v) is 6.14. The Morgan fingerprint density at radius 2 is 1.64 bits per heavy atom. The number of amides is 1. The zero-order valence-corrected chi connectivity index (χ0v) is 14.0. The van der Waals surface area contributed by atoms with Crippen molar-refractivity contribution in [2.75, 3.05) is 0 Å². The molecule has 0 saturated heterocycles. The molecule has 4 nitrogen and oxygen atoms in total. The third-order valence-electron chi connectivity index (χ3n) is 3.98. The molecule has 3 aromatic rings. The quantitative estimate of drug-likeness (QED) is 0.730. The molecule has 0 spiro atoms. The maximum absolute atomic E-state index is 12.3. The van der Waals surface area contributed by atoms with Crippen LogP contribution in [0.3, 0.4) is 0 Å². The molecule has 3 aromatic carbocycles. The number of halogens is 1. The molecule has 2 N–H and O–H groups in total. The fourth-order valence-electron chi connectivity index (χ4n) is 2.68. The molecular formula is C20H16ClNO3. The van der Waals surface area contributed by atoms with Gasteiger partial charge in [0.2, 0.25) is 0 Å². The van der Waals surface area contributed by atoms with Crippen LogP contribution in [0.4, 0.5) is 0 Å². The Labute approximate surface area is 150 Å². The third kappa shape index (κ3) is 3.98. The van der Waals surface area contributed by atoms with Gasteiger partial charge in [-0.25, -0.2) is 4.79 Å². The van der Waals surface area contributed by atoms with E-state index in [0.717, 1.165) is 16.3 Å². The molecule has 0 saturated carbocycles. The average Bonchev–Trinajstić information content (AvgIpc) is 2.61. The number of hydrogen-bond acceptors (Lipinski definition) is 2. The minimum Gasteiger partial charge on any atom is -0.480 e. The summed E-state index contributed by atoms with van der Waals surface area (Å²) in [5.41, 5.74) is 1.10. The van der Waals surface area contributed by atoms with Crippen molar-refractivity contribution in [1.82, 2.24) is 5.32 Å². The van der Waals surface area contributed by atoms with Crippen molar-refractivity contribution in [3.63, 3.8) is 0 Å². The minimum absolute atomic E-state index is 0.191. The summed E-state index contributed by atoms with van der Waals surface area (Å²) in [7, 11) is 0. The lowest BCUT2D eigenvalue weighted by Gasteiger charge is -2.15. The van der Waals surface area contributed by atoms with E-state index in [4.69, 9.17) is 11.6 Å². The Bertz CT molecular complexity index is 939. The second kappa shape index (κ2) is 7.36. The zero-order chi connectivity index (χ0) is 17.8. The number of rotatable bonds is 5. The van der Waals surface area contributed by atoms with E-state index in [9.17, 15) is 14.7 Å². The Hall–Kier alpha value is -2.85. The van der Waals surface area contributed by atoms with Crippen LogP contribution in [0.1, 0.15) is 15.9 Å². The number of hydrogen-bond donors (Lipinski definition) is 2. The van der Waals surface area contributed by atoms with Crippen LogP contribution >= 0.6 is 11.6 Å². The van der Waals surface area contributed by atoms with Crippen molar-refractivity contribution in [2.24, 2.45) is 0 Å². The zero-order valence-electron chi connectivity index (χ0n) is 13.3. The highest BCUT2D eigenvalue weighted by molar-refractivity contribution is 6.33. The molecule has 0 heterocycles. The Kier molecular flexibility index (Phi) is 5.00. The molecule has 25 heavy (non-hydrogen) atoms. The molecule has 0 aliphatic carbocycles. The molecular weight excluding hydrogens is 338 g/mol. The average molecular weight is 354 g/mol. The van der Waals surface area contributed by atoms with E-state index in [1.54, 1.807) is 24.3 Å². The standard InChI is InChI=1S/C20H16ClNO3/c21-17-8-4-3-7-16(17)19(23)22-18(20(24)25)12-13-9-10-14-5-1-2-6-15(14)11-13/h1-11,18H,12H2,(H,22,23)(H,24,25)/t18-/m0/s1. The van der Waals surface area contributed by atoms with Crippen molar-refractivity contribution < 1.29 is 14.7 Å². The van der Waals surface area contributed by atoms with Crippen LogP contribution < -0.4 is 5.32 Å². The van der Waals surface area contributed by atoms with Gasteiger partial charge in [-0.15, -0.1) is 0 Å². The van der Waals surface area contributed by atoms with Crippen LogP contribution in [0.25, 0.3) is 10.8 Å². The smallest absolute Gasteiger partial charge is 0.326 e. The topological polar surface area (TPSA) is 66.4 Å². The largest absolute Gasteiger partial charge is 0.480 e. The molecule has 0 aromatic heterocycles. The van der Waals surface area contributed by atoms with Crippen molar-refractivity contribution in [3.05, 3.63) is 82.9 Å². The summed E-state index contributed by atoms with van der Waals surface area (Å²) in [4.78, 5) is 23.9. The number of fused-ring (bicyclic) bond motifs is 1. The molecule has 0 fully saturated rings. The van der Waals surface area contributed by atoms with Gasteiger partial charge < -0.3 is 10.4 Å². The van der Waals surface area contributed by atoms with Gasteiger partial charge in [0, 0.05) is 6.42 Å². The maximum atomic E-state index is 12.3. The minimum atomic E-state index is -1.09. The van der Waals surface area contributed by atoms with E-state index in [-0.39, 0.29) is 17.0 Å². The predicted molar refractivity (Wildman–Crippen MR) is 98.0 cm³/mol. The van der Waals surface area contributed by atoms with Gasteiger partial charge >= 0.3 is 5.97 Å². The molecule has 3 rings (SSSR count). The summed E-state index contributed by atoms with van der Waals surface area (Å²) >= 11 is 6.00. The molecule has 0 bridgehead atoms. The summed E-state index contributed by atoms with van der Waals surface area (Å²) < 4.78 is 0. The lowest BCUT2D eigenvalue weighted by molar-refractivity contribution is -0.139. The van der Waals surface area contributed by atoms with E-state index in [1.807, 2.05) is 42.5 Å². The first kappa shape index (κ1) is 17.0. The first-order valence-corrected chi connectivity index (χ1v) is 8.18. The van der Waals surface area contributed by atoms with Gasteiger partial charge in [-0.05, 0) is 28.5 Å². The maximum Gasteiger partial charge on any atom is 0.326 e. The lowest BCUT2D eigenvalue weighted by Crippen LogP contribution is -2.42. The Morgan fingerprint density at radius 3 is 2.36 bits per heavy atom. The second-order valence-electron chi connectivity index (χ2n) is 5.73. The van der Waals surface area contributed by atoms with Gasteiger partial charge in [0.1, 0.15) is 6.04 Å². The molecule has 0 radical (unpaired) electrons. The molecule has 1 atom stereocenters. The summed E-state index contributed by atoms with van der Waals surface area (Å²) in [6, 6.07) is 19.1. The Morgan fingerprint density at radius 1 is 0.960 bits per heavy atom. The first-order valence-electron chi connectivity index (χ1n) is 7.80. The first-order chi connectivity index (χ1) is 12.0. The highest BCUT2D eigenvalue weighted by Crippen LogP contribution is 2.18. The summed E-state index contributed by atoms with van der Waals surface area (Å²) in [6.07, 6.45) is 0.191. The predicted octanol–water partition coefficient (Wildman–Crippen LogP) is 3.92. The molecule has 126 valence electrons. The normalized spacial score (nSPS) is 11.9. The summed E-state index contributed by atoms with van der Waals surface area (Å²) in [6.45, 7) is 0. The fraction of sp³-hybridized carbons (Fsp3) is 0.100. The number of aliphatic carboxylic acids is 1.